The summed E-state index contributed by atoms with van der Waals surface area (Å²) in [6.45, 7) is 4.11. The third kappa shape index (κ3) is 2.50. The highest BCUT2D eigenvalue weighted by Gasteiger charge is 2.33. The van der Waals surface area contributed by atoms with Crippen molar-refractivity contribution in [2.45, 2.75) is 57.4 Å². The van der Waals surface area contributed by atoms with Gasteiger partial charge in [0.25, 0.3) is 0 Å². The van der Waals surface area contributed by atoms with E-state index in [1.807, 2.05) is 12.1 Å². The van der Waals surface area contributed by atoms with E-state index in [2.05, 4.69) is 13.8 Å². The summed E-state index contributed by atoms with van der Waals surface area (Å²) in [5, 5.41) is 11.1. The van der Waals surface area contributed by atoms with Gasteiger partial charge in [-0.25, -0.2) is 0 Å². The summed E-state index contributed by atoms with van der Waals surface area (Å²) in [5.41, 5.74) is 7.82. The number of hydrogen-bond acceptors (Lipinski definition) is 2. The highest BCUT2D eigenvalue weighted by atomic mass is 35.5. The maximum atomic E-state index is 10.5. The van der Waals surface area contributed by atoms with Crippen LogP contribution in [0, 0.1) is 0 Å². The molecule has 1 aromatic rings. The fraction of sp³-hybridized carbons (Fsp3) is 0.600. The smallest absolute Gasteiger partial charge is 0.124 e. The molecule has 0 aromatic heterocycles. The summed E-state index contributed by atoms with van der Waals surface area (Å²) in [6.07, 6.45) is 5.34. The van der Waals surface area contributed by atoms with Crippen LogP contribution in [-0.4, -0.2) is 5.11 Å². The molecule has 0 atom stereocenters. The standard InChI is InChI=1S/C15H22ClNO/c1-10(2)12-8-11(16)9-13(14(12)18)15(17)6-4-3-5-7-15/h8-10,18H,3-7,17H2,1-2H3. The molecule has 1 aromatic carbocycles. The molecule has 1 aliphatic carbocycles. The number of phenolic OH excluding ortho intramolecular Hbond substituents is 1. The average molecular weight is 268 g/mol. The van der Waals surface area contributed by atoms with Gasteiger partial charge in [0.1, 0.15) is 5.75 Å². The number of benzene rings is 1. The van der Waals surface area contributed by atoms with Crippen LogP contribution in [0.4, 0.5) is 0 Å². The molecule has 0 radical (unpaired) electrons. The van der Waals surface area contributed by atoms with Gasteiger partial charge in [-0.1, -0.05) is 44.7 Å². The lowest BCUT2D eigenvalue weighted by molar-refractivity contribution is 0.291. The van der Waals surface area contributed by atoms with Crippen molar-refractivity contribution in [2.75, 3.05) is 0 Å². The summed E-state index contributed by atoms with van der Waals surface area (Å²) in [5.74, 6) is 0.591. The van der Waals surface area contributed by atoms with Gasteiger partial charge in [-0.15, -0.1) is 0 Å². The van der Waals surface area contributed by atoms with Crippen molar-refractivity contribution in [3.8, 4) is 5.75 Å². The third-order valence-corrected chi connectivity index (χ3v) is 4.23. The molecule has 100 valence electrons. The Morgan fingerprint density at radius 1 is 1.22 bits per heavy atom. The molecule has 0 unspecified atom stereocenters. The van der Waals surface area contributed by atoms with Crippen molar-refractivity contribution in [1.29, 1.82) is 0 Å². The minimum atomic E-state index is -0.406. The van der Waals surface area contributed by atoms with Gasteiger partial charge >= 0.3 is 0 Å². The molecule has 1 fully saturated rings. The van der Waals surface area contributed by atoms with Crippen LogP contribution in [0.15, 0.2) is 12.1 Å². The van der Waals surface area contributed by atoms with Gasteiger partial charge in [-0.2, -0.15) is 0 Å². The number of aromatic hydroxyl groups is 1. The zero-order valence-corrected chi connectivity index (χ0v) is 11.9. The second-order valence-electron chi connectivity index (χ2n) is 5.76. The maximum absolute atomic E-state index is 10.5. The Morgan fingerprint density at radius 3 is 2.39 bits per heavy atom. The minimum absolute atomic E-state index is 0.245. The van der Waals surface area contributed by atoms with Crippen LogP contribution >= 0.6 is 11.6 Å². The van der Waals surface area contributed by atoms with Crippen molar-refractivity contribution < 1.29 is 5.11 Å². The molecule has 1 saturated carbocycles. The lowest BCUT2D eigenvalue weighted by atomic mass is 9.76. The van der Waals surface area contributed by atoms with E-state index in [9.17, 15) is 5.11 Å². The van der Waals surface area contributed by atoms with E-state index in [1.165, 1.54) is 6.42 Å². The first-order chi connectivity index (χ1) is 8.44. The van der Waals surface area contributed by atoms with Gasteiger partial charge in [-0.3, -0.25) is 0 Å². The molecule has 0 spiro atoms. The molecule has 1 aliphatic rings. The number of halogens is 1. The second-order valence-corrected chi connectivity index (χ2v) is 6.20. The fourth-order valence-electron chi connectivity index (χ4n) is 2.89. The largest absolute Gasteiger partial charge is 0.507 e. The van der Waals surface area contributed by atoms with Gasteiger partial charge in [-0.05, 0) is 36.5 Å². The van der Waals surface area contributed by atoms with E-state index in [4.69, 9.17) is 17.3 Å². The van der Waals surface area contributed by atoms with Gasteiger partial charge in [0.15, 0.2) is 0 Å². The van der Waals surface area contributed by atoms with E-state index >= 15 is 0 Å². The first-order valence-electron chi connectivity index (χ1n) is 6.76. The normalized spacial score (nSPS) is 19.2. The Bertz CT molecular complexity index is 436. The first kappa shape index (κ1) is 13.7. The van der Waals surface area contributed by atoms with Gasteiger partial charge in [0.05, 0.1) is 0 Å². The quantitative estimate of drug-likeness (QED) is 0.840. The predicted octanol–water partition coefficient (Wildman–Crippen LogP) is 4.29. The third-order valence-electron chi connectivity index (χ3n) is 4.01. The van der Waals surface area contributed by atoms with Crippen molar-refractivity contribution in [1.82, 2.24) is 0 Å². The Balaban J connectivity index is 2.49. The van der Waals surface area contributed by atoms with E-state index < -0.39 is 5.54 Å². The van der Waals surface area contributed by atoms with Crippen molar-refractivity contribution in [3.63, 3.8) is 0 Å². The first-order valence-corrected chi connectivity index (χ1v) is 7.13. The fourth-order valence-corrected chi connectivity index (χ4v) is 3.12. The minimum Gasteiger partial charge on any atom is -0.507 e. The average Bonchev–Trinajstić information content (AvgIpc) is 2.32. The molecule has 0 aliphatic heterocycles. The number of rotatable bonds is 2. The molecule has 18 heavy (non-hydrogen) atoms. The van der Waals surface area contributed by atoms with Crippen molar-refractivity contribution in [3.05, 3.63) is 28.3 Å². The summed E-state index contributed by atoms with van der Waals surface area (Å²) < 4.78 is 0. The van der Waals surface area contributed by atoms with Crippen LogP contribution in [-0.2, 0) is 5.54 Å². The van der Waals surface area contributed by atoms with Gasteiger partial charge in [0, 0.05) is 16.1 Å². The van der Waals surface area contributed by atoms with Crippen LogP contribution in [0.1, 0.15) is 63.0 Å². The van der Waals surface area contributed by atoms with E-state index in [0.717, 1.165) is 36.8 Å². The Kier molecular flexibility index (Phi) is 3.88. The van der Waals surface area contributed by atoms with Crippen molar-refractivity contribution in [2.24, 2.45) is 5.73 Å². The summed E-state index contributed by atoms with van der Waals surface area (Å²) in [4.78, 5) is 0. The Morgan fingerprint density at radius 2 is 1.83 bits per heavy atom. The monoisotopic (exact) mass is 267 g/mol. The van der Waals surface area contributed by atoms with Crippen LogP contribution in [0.5, 0.6) is 5.75 Å². The molecule has 0 amide bonds. The topological polar surface area (TPSA) is 46.2 Å². The summed E-state index contributed by atoms with van der Waals surface area (Å²) >= 11 is 6.18. The molecular weight excluding hydrogens is 246 g/mol. The van der Waals surface area contributed by atoms with Crippen molar-refractivity contribution >= 4 is 11.6 Å². The van der Waals surface area contributed by atoms with Crippen LogP contribution in [0.3, 0.4) is 0 Å². The summed E-state index contributed by atoms with van der Waals surface area (Å²) in [7, 11) is 0. The van der Waals surface area contributed by atoms with E-state index in [0.29, 0.717) is 10.8 Å². The Hall–Kier alpha value is -0.730. The zero-order chi connectivity index (χ0) is 13.3. The van der Waals surface area contributed by atoms with Crippen LogP contribution in [0.2, 0.25) is 5.02 Å². The predicted molar refractivity (Wildman–Crippen MR) is 76.2 cm³/mol. The van der Waals surface area contributed by atoms with Crippen LogP contribution < -0.4 is 5.73 Å². The molecule has 3 N–H and O–H groups in total. The SMILES string of the molecule is CC(C)c1cc(Cl)cc(C2(N)CCCCC2)c1O. The maximum Gasteiger partial charge on any atom is 0.124 e. The molecule has 0 bridgehead atoms. The molecule has 0 heterocycles. The van der Waals surface area contributed by atoms with E-state index in [-0.39, 0.29) is 5.92 Å². The number of hydrogen-bond donors (Lipinski definition) is 2. The second kappa shape index (κ2) is 5.10. The summed E-state index contributed by atoms with van der Waals surface area (Å²) in [6, 6.07) is 3.69. The van der Waals surface area contributed by atoms with Crippen LogP contribution in [0.25, 0.3) is 0 Å². The van der Waals surface area contributed by atoms with Gasteiger partial charge < -0.3 is 10.8 Å². The molecule has 3 heteroatoms. The lowest BCUT2D eigenvalue weighted by Gasteiger charge is -2.35. The number of nitrogens with two attached hydrogens (primary N) is 1. The zero-order valence-electron chi connectivity index (χ0n) is 11.2. The molecular formula is C15H22ClNO. The lowest BCUT2D eigenvalue weighted by Crippen LogP contribution is -2.38. The highest BCUT2D eigenvalue weighted by Crippen LogP contribution is 2.43. The van der Waals surface area contributed by atoms with Gasteiger partial charge in [0.2, 0.25) is 0 Å². The van der Waals surface area contributed by atoms with E-state index in [1.54, 1.807) is 0 Å². The molecule has 0 saturated heterocycles. The Labute approximate surface area is 114 Å². The molecule has 2 rings (SSSR count). The molecule has 2 nitrogen and oxygen atoms in total. The number of phenols is 1. The highest BCUT2D eigenvalue weighted by molar-refractivity contribution is 6.30.